The van der Waals surface area contributed by atoms with Crippen LogP contribution in [0.15, 0.2) is 68.9 Å². The largest absolute Gasteiger partial charge is 0.493 e. The normalized spacial score (nSPS) is 16.4. The topological polar surface area (TPSA) is 58.8 Å². The number of para-hydroxylation sites is 1. The minimum atomic E-state index is 0.187. The third-order valence-corrected chi connectivity index (χ3v) is 5.25. The number of hydrogen-bond donors (Lipinski definition) is 2. The molecule has 0 aliphatic carbocycles. The van der Waals surface area contributed by atoms with E-state index in [2.05, 4.69) is 39.6 Å². The maximum atomic E-state index is 5.77. The Morgan fingerprint density at radius 3 is 3.00 bits per heavy atom. The third kappa shape index (κ3) is 4.71. The predicted octanol–water partition coefficient (Wildman–Crippen LogP) is 4.14. The van der Waals surface area contributed by atoms with E-state index in [4.69, 9.17) is 14.1 Å². The third-order valence-electron chi connectivity index (χ3n) is 4.51. The van der Waals surface area contributed by atoms with E-state index in [1.54, 1.807) is 17.6 Å². The number of thiophene rings is 1. The van der Waals surface area contributed by atoms with Crippen LogP contribution in [0.1, 0.15) is 29.3 Å². The summed E-state index contributed by atoms with van der Waals surface area (Å²) in [6.07, 6.45) is 3.43. The van der Waals surface area contributed by atoms with Crippen molar-refractivity contribution < 1.29 is 9.15 Å². The molecule has 2 N–H and O–H groups in total. The lowest BCUT2D eigenvalue weighted by atomic mass is 10.0. The van der Waals surface area contributed by atoms with E-state index in [-0.39, 0.29) is 6.04 Å². The van der Waals surface area contributed by atoms with Gasteiger partial charge in [0.15, 0.2) is 5.96 Å². The highest BCUT2D eigenvalue weighted by Crippen LogP contribution is 2.31. The Bertz CT molecular complexity index is 859. The van der Waals surface area contributed by atoms with Crippen molar-refractivity contribution >= 4 is 17.3 Å². The Labute approximate surface area is 163 Å². The molecule has 6 heteroatoms. The van der Waals surface area contributed by atoms with E-state index < -0.39 is 0 Å². The van der Waals surface area contributed by atoms with Crippen molar-refractivity contribution in [2.45, 2.75) is 25.4 Å². The van der Waals surface area contributed by atoms with Gasteiger partial charge >= 0.3 is 0 Å². The summed E-state index contributed by atoms with van der Waals surface area (Å²) in [7, 11) is 0. The van der Waals surface area contributed by atoms with Crippen molar-refractivity contribution in [3.63, 3.8) is 0 Å². The Balaban J connectivity index is 1.44. The molecule has 0 radical (unpaired) electrons. The Morgan fingerprint density at radius 2 is 2.15 bits per heavy atom. The lowest BCUT2D eigenvalue weighted by molar-refractivity contribution is 0.261. The van der Waals surface area contributed by atoms with E-state index in [9.17, 15) is 0 Å². The molecule has 27 heavy (non-hydrogen) atoms. The lowest BCUT2D eigenvalue weighted by Gasteiger charge is -2.28. The molecule has 0 bridgehead atoms. The minimum absolute atomic E-state index is 0.187. The monoisotopic (exact) mass is 381 g/mol. The Kier molecular flexibility index (Phi) is 5.74. The molecular formula is C21H23N3O2S. The number of fused-ring (bicyclic) bond motifs is 1. The van der Waals surface area contributed by atoms with Crippen LogP contribution in [0.2, 0.25) is 0 Å². The summed E-state index contributed by atoms with van der Waals surface area (Å²) in [6.45, 7) is 2.12. The SMILES string of the molecule is c1coc(CCNC(=NCc2ccsc2)NC2CCOc3ccccc32)c1. The maximum absolute atomic E-state index is 5.77. The molecule has 3 aromatic rings. The number of nitrogens with zero attached hydrogens (tertiary/aromatic N) is 1. The van der Waals surface area contributed by atoms with Crippen LogP contribution in [0.4, 0.5) is 0 Å². The second-order valence-electron chi connectivity index (χ2n) is 6.42. The van der Waals surface area contributed by atoms with Gasteiger partial charge in [-0.2, -0.15) is 11.3 Å². The molecule has 0 saturated carbocycles. The molecule has 1 atom stereocenters. The van der Waals surface area contributed by atoms with Crippen molar-refractivity contribution in [1.29, 1.82) is 0 Å². The van der Waals surface area contributed by atoms with Crippen LogP contribution in [0.25, 0.3) is 0 Å². The van der Waals surface area contributed by atoms with Gasteiger partial charge in [0, 0.05) is 24.9 Å². The fraction of sp³-hybridized carbons (Fsp3) is 0.286. The zero-order chi connectivity index (χ0) is 18.3. The van der Waals surface area contributed by atoms with Gasteiger partial charge in [0.05, 0.1) is 25.5 Å². The van der Waals surface area contributed by atoms with E-state index in [1.807, 2.05) is 24.3 Å². The van der Waals surface area contributed by atoms with Crippen LogP contribution in [-0.2, 0) is 13.0 Å². The first-order chi connectivity index (χ1) is 13.4. The van der Waals surface area contributed by atoms with Crippen molar-refractivity contribution in [2.24, 2.45) is 4.99 Å². The number of rotatable bonds is 6. The number of nitrogens with one attached hydrogen (secondary N) is 2. The van der Waals surface area contributed by atoms with Crippen LogP contribution in [0.3, 0.4) is 0 Å². The Morgan fingerprint density at radius 1 is 1.19 bits per heavy atom. The van der Waals surface area contributed by atoms with Crippen molar-refractivity contribution in [1.82, 2.24) is 10.6 Å². The number of ether oxygens (including phenoxy) is 1. The Hall–Kier alpha value is -2.73. The zero-order valence-corrected chi connectivity index (χ0v) is 15.9. The van der Waals surface area contributed by atoms with Gasteiger partial charge in [-0.1, -0.05) is 18.2 Å². The minimum Gasteiger partial charge on any atom is -0.493 e. The summed E-state index contributed by atoms with van der Waals surface area (Å²) in [4.78, 5) is 4.78. The van der Waals surface area contributed by atoms with Crippen LogP contribution in [-0.4, -0.2) is 19.1 Å². The fourth-order valence-corrected chi connectivity index (χ4v) is 3.78. The van der Waals surface area contributed by atoms with Crippen molar-refractivity contribution in [3.8, 4) is 5.75 Å². The molecule has 1 aliphatic rings. The van der Waals surface area contributed by atoms with Crippen LogP contribution < -0.4 is 15.4 Å². The number of hydrogen-bond acceptors (Lipinski definition) is 4. The van der Waals surface area contributed by atoms with Crippen molar-refractivity contribution in [2.75, 3.05) is 13.2 Å². The number of guanidine groups is 1. The summed E-state index contributed by atoms with van der Waals surface area (Å²) in [5, 5.41) is 11.2. The smallest absolute Gasteiger partial charge is 0.192 e. The molecule has 0 fully saturated rings. The molecule has 2 aromatic heterocycles. The van der Waals surface area contributed by atoms with Crippen LogP contribution in [0.5, 0.6) is 5.75 Å². The number of aliphatic imine (C=N–C) groups is 1. The van der Waals surface area contributed by atoms with Crippen LogP contribution >= 0.6 is 11.3 Å². The second-order valence-corrected chi connectivity index (χ2v) is 7.20. The molecule has 5 nitrogen and oxygen atoms in total. The summed E-state index contributed by atoms with van der Waals surface area (Å²) >= 11 is 1.69. The summed E-state index contributed by atoms with van der Waals surface area (Å²) in [5.41, 5.74) is 2.40. The average Bonchev–Trinajstić information content (AvgIpc) is 3.40. The second kappa shape index (κ2) is 8.77. The van der Waals surface area contributed by atoms with Gasteiger partial charge in [-0.15, -0.1) is 0 Å². The van der Waals surface area contributed by atoms with Gasteiger partial charge in [-0.05, 0) is 40.6 Å². The standard InChI is InChI=1S/C21H23N3O2S/c1-2-6-20-18(5-1)19(8-12-26-20)24-21(23-14-16-9-13-27-15-16)22-10-7-17-4-3-11-25-17/h1-6,9,11,13,15,19H,7-8,10,12,14H2,(H2,22,23,24). The molecule has 1 aromatic carbocycles. The highest BCUT2D eigenvalue weighted by atomic mass is 32.1. The summed E-state index contributed by atoms with van der Waals surface area (Å²) in [5.74, 6) is 2.74. The van der Waals surface area contributed by atoms with Gasteiger partial charge in [-0.25, -0.2) is 4.99 Å². The first-order valence-corrected chi connectivity index (χ1v) is 10.1. The fourth-order valence-electron chi connectivity index (χ4n) is 3.12. The van der Waals surface area contributed by atoms with E-state index >= 15 is 0 Å². The molecule has 140 valence electrons. The zero-order valence-electron chi connectivity index (χ0n) is 15.1. The van der Waals surface area contributed by atoms with Gasteiger partial charge in [0.2, 0.25) is 0 Å². The van der Waals surface area contributed by atoms with Gasteiger partial charge in [0.1, 0.15) is 11.5 Å². The molecule has 1 aliphatic heterocycles. The predicted molar refractivity (Wildman–Crippen MR) is 108 cm³/mol. The quantitative estimate of drug-likeness (QED) is 0.498. The molecule has 3 heterocycles. The first-order valence-electron chi connectivity index (χ1n) is 9.18. The molecule has 0 spiro atoms. The van der Waals surface area contributed by atoms with Gasteiger partial charge in [-0.3, -0.25) is 0 Å². The van der Waals surface area contributed by atoms with E-state index in [0.717, 1.165) is 36.9 Å². The molecule has 0 saturated heterocycles. The molecular weight excluding hydrogens is 358 g/mol. The van der Waals surface area contributed by atoms with Gasteiger partial charge in [0.25, 0.3) is 0 Å². The van der Waals surface area contributed by atoms with Crippen LogP contribution in [0, 0.1) is 0 Å². The molecule has 1 unspecified atom stereocenters. The van der Waals surface area contributed by atoms with Gasteiger partial charge < -0.3 is 19.8 Å². The number of furan rings is 1. The summed E-state index contributed by atoms with van der Waals surface area (Å²) < 4.78 is 11.2. The van der Waals surface area contributed by atoms with E-state index in [0.29, 0.717) is 13.2 Å². The lowest BCUT2D eigenvalue weighted by Crippen LogP contribution is -2.41. The maximum Gasteiger partial charge on any atom is 0.192 e. The highest BCUT2D eigenvalue weighted by Gasteiger charge is 2.21. The highest BCUT2D eigenvalue weighted by molar-refractivity contribution is 7.07. The molecule has 0 amide bonds. The van der Waals surface area contributed by atoms with E-state index in [1.165, 1.54) is 11.1 Å². The number of benzene rings is 1. The molecule has 4 rings (SSSR count). The van der Waals surface area contributed by atoms with Crippen molar-refractivity contribution in [3.05, 3.63) is 76.4 Å². The summed E-state index contributed by atoms with van der Waals surface area (Å²) in [6, 6.07) is 14.4. The average molecular weight is 382 g/mol. The first kappa shape index (κ1) is 17.7.